The van der Waals surface area contributed by atoms with Gasteiger partial charge in [-0.1, -0.05) is 48.5 Å². The molecule has 0 unspecified atom stereocenters. The molecule has 0 aliphatic rings. The lowest BCUT2D eigenvalue weighted by atomic mass is 10.2. The Balaban J connectivity index is 0.00000147. The fourth-order valence-electron chi connectivity index (χ4n) is 1.90. The zero-order valence-corrected chi connectivity index (χ0v) is 11.4. The van der Waals surface area contributed by atoms with Crippen molar-refractivity contribution in [1.29, 1.82) is 0 Å². The van der Waals surface area contributed by atoms with E-state index in [4.69, 9.17) is 4.74 Å². The zero-order valence-electron chi connectivity index (χ0n) is 10.6. The molecular formula is C15H13ClN2O2. The smallest absolute Gasteiger partial charge is 0.435 e. The van der Waals surface area contributed by atoms with Crippen LogP contribution in [0.5, 0.6) is 0 Å². The van der Waals surface area contributed by atoms with E-state index in [0.29, 0.717) is 0 Å². The van der Waals surface area contributed by atoms with Crippen LogP contribution in [-0.4, -0.2) is 15.9 Å². The van der Waals surface area contributed by atoms with Crippen LogP contribution in [0.15, 0.2) is 60.8 Å². The maximum Gasteiger partial charge on any atom is 0.435 e. The molecule has 0 fully saturated rings. The molecule has 0 atom stereocenters. The molecule has 0 aliphatic heterocycles. The Morgan fingerprint density at radius 3 is 2.55 bits per heavy atom. The van der Waals surface area contributed by atoms with Gasteiger partial charge in [0, 0.05) is 5.39 Å². The molecular weight excluding hydrogens is 276 g/mol. The van der Waals surface area contributed by atoms with E-state index in [-0.39, 0.29) is 19.0 Å². The van der Waals surface area contributed by atoms with E-state index in [1.165, 1.54) is 4.68 Å². The molecule has 0 bridgehead atoms. The second-order valence-corrected chi connectivity index (χ2v) is 4.16. The highest BCUT2D eigenvalue weighted by molar-refractivity contribution is 5.87. The normalized spacial score (nSPS) is 10.0. The highest BCUT2D eigenvalue weighted by Crippen LogP contribution is 2.13. The number of hydrogen-bond donors (Lipinski definition) is 0. The summed E-state index contributed by atoms with van der Waals surface area (Å²) in [7, 11) is 0. The van der Waals surface area contributed by atoms with E-state index in [9.17, 15) is 4.79 Å². The van der Waals surface area contributed by atoms with Crippen molar-refractivity contribution in [3.8, 4) is 0 Å². The van der Waals surface area contributed by atoms with Crippen LogP contribution < -0.4 is 0 Å². The maximum atomic E-state index is 12.0. The Kier molecular flexibility index (Phi) is 4.38. The molecule has 1 heterocycles. The first kappa shape index (κ1) is 14.1. The first-order valence-electron chi connectivity index (χ1n) is 5.98. The Hall–Kier alpha value is -2.33. The van der Waals surface area contributed by atoms with Gasteiger partial charge in [-0.2, -0.15) is 9.78 Å². The van der Waals surface area contributed by atoms with Crippen LogP contribution >= 0.6 is 12.4 Å². The highest BCUT2D eigenvalue weighted by atomic mass is 35.5. The number of benzene rings is 2. The lowest BCUT2D eigenvalue weighted by molar-refractivity contribution is 0.139. The van der Waals surface area contributed by atoms with E-state index in [0.717, 1.165) is 16.5 Å². The Morgan fingerprint density at radius 2 is 1.75 bits per heavy atom. The second kappa shape index (κ2) is 6.21. The number of fused-ring (bicyclic) bond motifs is 1. The van der Waals surface area contributed by atoms with Crippen LogP contribution in [0.25, 0.3) is 10.9 Å². The van der Waals surface area contributed by atoms with Gasteiger partial charge in [0.05, 0.1) is 11.7 Å². The van der Waals surface area contributed by atoms with Crippen LogP contribution in [0, 0.1) is 0 Å². The predicted octanol–water partition coefficient (Wildman–Crippen LogP) is 3.64. The predicted molar refractivity (Wildman–Crippen MR) is 79.0 cm³/mol. The fourth-order valence-corrected chi connectivity index (χ4v) is 1.90. The van der Waals surface area contributed by atoms with Crippen LogP contribution in [0.4, 0.5) is 4.79 Å². The molecule has 1 aromatic heterocycles. The minimum Gasteiger partial charge on any atom is -0.443 e. The van der Waals surface area contributed by atoms with Crippen LogP contribution in [-0.2, 0) is 11.3 Å². The van der Waals surface area contributed by atoms with Crippen molar-refractivity contribution in [1.82, 2.24) is 9.78 Å². The largest absolute Gasteiger partial charge is 0.443 e. The molecule has 0 saturated carbocycles. The third-order valence-electron chi connectivity index (χ3n) is 2.86. The molecule has 0 spiro atoms. The molecule has 2 aromatic carbocycles. The van der Waals surface area contributed by atoms with Gasteiger partial charge in [-0.05, 0) is 11.6 Å². The number of halogens is 1. The van der Waals surface area contributed by atoms with E-state index in [1.807, 2.05) is 54.6 Å². The molecule has 0 N–H and O–H groups in total. The zero-order chi connectivity index (χ0) is 13.1. The lowest BCUT2D eigenvalue weighted by Gasteiger charge is -2.05. The van der Waals surface area contributed by atoms with Crippen LogP contribution in [0.1, 0.15) is 5.56 Å². The van der Waals surface area contributed by atoms with E-state index in [1.54, 1.807) is 6.20 Å². The van der Waals surface area contributed by atoms with E-state index < -0.39 is 6.09 Å². The summed E-state index contributed by atoms with van der Waals surface area (Å²) in [5.41, 5.74) is 1.70. The maximum absolute atomic E-state index is 12.0. The van der Waals surface area contributed by atoms with Crippen molar-refractivity contribution in [2.75, 3.05) is 0 Å². The standard InChI is InChI=1S/C15H12N2O2.ClH/c18-15(19-11-12-6-2-1-3-7-12)17-14-9-5-4-8-13(14)10-16-17;/h1-10H,11H2;1H. The van der Waals surface area contributed by atoms with Gasteiger partial charge < -0.3 is 4.74 Å². The van der Waals surface area contributed by atoms with Crippen molar-refractivity contribution in [3.63, 3.8) is 0 Å². The summed E-state index contributed by atoms with van der Waals surface area (Å²) < 4.78 is 6.52. The molecule has 0 aliphatic carbocycles. The molecule has 4 nitrogen and oxygen atoms in total. The molecule has 0 radical (unpaired) electrons. The van der Waals surface area contributed by atoms with Crippen molar-refractivity contribution < 1.29 is 9.53 Å². The monoisotopic (exact) mass is 288 g/mol. The van der Waals surface area contributed by atoms with Crippen molar-refractivity contribution >= 4 is 29.4 Å². The number of nitrogens with zero attached hydrogens (tertiary/aromatic N) is 2. The number of aromatic nitrogens is 2. The average Bonchev–Trinajstić information content (AvgIpc) is 2.90. The van der Waals surface area contributed by atoms with Gasteiger partial charge in [0.25, 0.3) is 0 Å². The van der Waals surface area contributed by atoms with Crippen LogP contribution in [0.2, 0.25) is 0 Å². The first-order chi connectivity index (χ1) is 9.34. The molecule has 3 rings (SSSR count). The number of rotatable bonds is 2. The number of carbonyl (C=O) groups excluding carboxylic acids is 1. The minimum atomic E-state index is -0.468. The number of carbonyl (C=O) groups is 1. The number of para-hydroxylation sites is 1. The molecule has 0 amide bonds. The van der Waals surface area contributed by atoms with Crippen molar-refractivity contribution in [2.45, 2.75) is 6.61 Å². The topological polar surface area (TPSA) is 44.1 Å². The number of hydrogen-bond acceptors (Lipinski definition) is 3. The van der Waals surface area contributed by atoms with Gasteiger partial charge in [0.15, 0.2) is 0 Å². The SMILES string of the molecule is Cl.O=C(OCc1ccccc1)n1ncc2ccccc21. The minimum absolute atomic E-state index is 0. The van der Waals surface area contributed by atoms with Gasteiger partial charge in [0.1, 0.15) is 6.61 Å². The average molecular weight is 289 g/mol. The summed E-state index contributed by atoms with van der Waals surface area (Å²) in [4.78, 5) is 12.0. The summed E-state index contributed by atoms with van der Waals surface area (Å²) in [6.45, 7) is 0.244. The summed E-state index contributed by atoms with van der Waals surface area (Å²) in [5, 5.41) is 4.97. The third-order valence-corrected chi connectivity index (χ3v) is 2.86. The van der Waals surface area contributed by atoms with Gasteiger partial charge in [0.2, 0.25) is 0 Å². The van der Waals surface area contributed by atoms with Gasteiger partial charge in [-0.15, -0.1) is 12.4 Å². The first-order valence-corrected chi connectivity index (χ1v) is 5.98. The van der Waals surface area contributed by atoms with Gasteiger partial charge >= 0.3 is 6.09 Å². The van der Waals surface area contributed by atoms with E-state index in [2.05, 4.69) is 5.10 Å². The summed E-state index contributed by atoms with van der Waals surface area (Å²) in [6.07, 6.45) is 1.18. The fraction of sp³-hybridized carbons (Fsp3) is 0.0667. The number of ether oxygens (including phenoxy) is 1. The van der Waals surface area contributed by atoms with Gasteiger partial charge in [-0.3, -0.25) is 0 Å². The van der Waals surface area contributed by atoms with Crippen molar-refractivity contribution in [3.05, 3.63) is 66.4 Å². The Bertz CT molecular complexity index is 710. The Morgan fingerprint density at radius 1 is 1.05 bits per heavy atom. The van der Waals surface area contributed by atoms with Crippen LogP contribution in [0.3, 0.4) is 0 Å². The van der Waals surface area contributed by atoms with Gasteiger partial charge in [-0.25, -0.2) is 4.79 Å². The summed E-state index contributed by atoms with van der Waals surface area (Å²) in [5.74, 6) is 0. The Labute approximate surface area is 122 Å². The third kappa shape index (κ3) is 2.81. The summed E-state index contributed by atoms with van der Waals surface area (Å²) >= 11 is 0. The molecule has 102 valence electrons. The summed E-state index contributed by atoms with van der Waals surface area (Å²) in [6, 6.07) is 17.1. The molecule has 0 saturated heterocycles. The highest BCUT2D eigenvalue weighted by Gasteiger charge is 2.11. The molecule has 3 aromatic rings. The van der Waals surface area contributed by atoms with E-state index >= 15 is 0 Å². The lowest BCUT2D eigenvalue weighted by Crippen LogP contribution is -2.14. The quantitative estimate of drug-likeness (QED) is 0.723. The second-order valence-electron chi connectivity index (χ2n) is 4.16. The van der Waals surface area contributed by atoms with Crippen molar-refractivity contribution in [2.24, 2.45) is 0 Å². The molecule has 5 heteroatoms. The molecule has 20 heavy (non-hydrogen) atoms.